The maximum Gasteiger partial charge on any atom is 0.410 e. The van der Waals surface area contributed by atoms with Crippen molar-refractivity contribution in [2.75, 3.05) is 145 Å². The van der Waals surface area contributed by atoms with Gasteiger partial charge < -0.3 is 133 Å². The Balaban J connectivity index is 1.21. The van der Waals surface area contributed by atoms with Gasteiger partial charge in [0.05, 0.1) is 80.5 Å². The molecule has 39 nitrogen and oxygen atoms in total. The zero-order valence-corrected chi connectivity index (χ0v) is 78.0. The number of nitrogens with one attached hydrogen (secondary N) is 9. The van der Waals surface area contributed by atoms with Crippen LogP contribution in [0.2, 0.25) is 0 Å². The lowest BCUT2D eigenvalue weighted by atomic mass is 9.89. The number of aromatic hydroxyl groups is 1. The molecule has 0 saturated carbocycles. The molecule has 0 spiro atoms. The van der Waals surface area contributed by atoms with Gasteiger partial charge in [-0.05, 0) is 185 Å². The molecule has 0 aromatic heterocycles. The van der Waals surface area contributed by atoms with E-state index in [-0.39, 0.29) is 219 Å². The monoisotopic (exact) mass is 1890 g/mol. The van der Waals surface area contributed by atoms with Crippen molar-refractivity contribution in [3.63, 3.8) is 0 Å². The number of hydrogen-bond donors (Lipinski definition) is 14. The van der Waals surface area contributed by atoms with E-state index in [1.54, 1.807) is 109 Å². The molecule has 0 bridgehead atoms. The van der Waals surface area contributed by atoms with Crippen molar-refractivity contribution in [1.29, 1.82) is 0 Å². The molecule has 4 atom stereocenters. The minimum atomic E-state index is -1.64. The van der Waals surface area contributed by atoms with Crippen LogP contribution < -0.4 is 70.8 Å². The first-order valence-electron chi connectivity index (χ1n) is 42.6. The van der Waals surface area contributed by atoms with Crippen molar-refractivity contribution in [3.8, 4) is 5.75 Å². The molecule has 3 aromatic carbocycles. The fourth-order valence-corrected chi connectivity index (χ4v) is 13.5. The van der Waals surface area contributed by atoms with Crippen molar-refractivity contribution in [2.45, 2.75) is 213 Å². The molecule has 0 aliphatic carbocycles. The molecule has 4 rings (SSSR count). The molecule has 1 heterocycles. The smallest absolute Gasteiger partial charge is 0.410 e. The highest BCUT2D eigenvalue weighted by molar-refractivity contribution is 14.1. The van der Waals surface area contributed by atoms with Gasteiger partial charge in [0.25, 0.3) is 0 Å². The number of aldehydes is 1. The highest BCUT2D eigenvalue weighted by atomic mass is 127. The number of benzene rings is 3. The fraction of sp³-hybridized carbons (Fsp3) is 0.651. The normalized spacial score (nSPS) is 16.5. The standard InChI is InChI=1S/C86H139IN18O21/c1-81(2,3)123-77(116)102-36-38-104(79(118)125-83(7,8)9)56-86(53-89,57-105(80(119)126-84(10,11)12)39-37-103(55-85(13,52-88)54-102)78(117)124-82(4,5)6)101-71(111)25-17-24-68(108)94-34-40-120-42-44-122-45-43-121-41-35-95-70(110)31-30-69(109)93-32-18-22-64(92-14)74(114)99-65(23-19-33-96-76(90)91)75(115)100-66(49-58-26-28-60-20-15-16-21-61(60)46-58)73(113)97-50-72(112)98-62(51-106)47-59-27-29-67(107)63(87)48-59/h15-16,20-21,26-29,46,48,51,62,64-66,92,107H,17-19,22-25,30-45,47,49-50,52-57,88-89H2,1-14H3,(H,93,109)(H,94,108)(H,95,110)(H,97,113)(H,98,112)(H,99,114)(H,100,115)(H,101,111)(H4,90,91,96)/t62-,64-,65+,66+,85?,86?/m1/s1. The number of nitrogens with two attached hydrogens (primary N) is 4. The van der Waals surface area contributed by atoms with Crippen LogP contribution in [0.3, 0.4) is 0 Å². The maximum absolute atomic E-state index is 14.4. The highest BCUT2D eigenvalue weighted by Crippen LogP contribution is 2.27. The number of carbonyl (C=O) groups is 13. The maximum atomic E-state index is 14.4. The summed E-state index contributed by atoms with van der Waals surface area (Å²) in [7, 11) is 1.56. The number of amides is 12. The Morgan fingerprint density at radius 3 is 1.42 bits per heavy atom. The molecule has 18 N–H and O–H groups in total. The van der Waals surface area contributed by atoms with Crippen LogP contribution in [0.5, 0.6) is 5.75 Å². The Bertz CT molecular complexity index is 4000. The number of phenols is 1. The van der Waals surface area contributed by atoms with Gasteiger partial charge in [0.1, 0.15) is 46.5 Å². The van der Waals surface area contributed by atoms with E-state index in [0.29, 0.717) is 27.4 Å². The number of hydrogen-bond acceptors (Lipinski definition) is 25. The van der Waals surface area contributed by atoms with Crippen LogP contribution in [-0.2, 0) is 89.2 Å². The fourth-order valence-electron chi connectivity index (χ4n) is 12.9. The summed E-state index contributed by atoms with van der Waals surface area (Å²) in [6.07, 6.45) is -1.95. The highest BCUT2D eigenvalue weighted by Gasteiger charge is 2.43. The number of guanidine groups is 1. The van der Waals surface area contributed by atoms with Crippen LogP contribution in [0.1, 0.15) is 159 Å². The van der Waals surface area contributed by atoms with E-state index in [0.717, 1.165) is 10.8 Å². The van der Waals surface area contributed by atoms with Crippen molar-refractivity contribution >= 4 is 117 Å². The number of fused-ring (bicyclic) bond motifs is 1. The van der Waals surface area contributed by atoms with Gasteiger partial charge >= 0.3 is 24.4 Å². The second-order valence-corrected chi connectivity index (χ2v) is 36.5. The lowest BCUT2D eigenvalue weighted by molar-refractivity contribution is -0.133. The van der Waals surface area contributed by atoms with Crippen molar-refractivity contribution < 1.29 is 101 Å². The Morgan fingerprint density at radius 2 is 0.944 bits per heavy atom. The zero-order valence-electron chi connectivity index (χ0n) is 75.8. The average Bonchev–Trinajstić information content (AvgIpc) is 0.797. The summed E-state index contributed by atoms with van der Waals surface area (Å²) in [5.74, 6) is -4.46. The molecule has 1 aliphatic heterocycles. The van der Waals surface area contributed by atoms with Gasteiger partial charge in [-0.2, -0.15) is 0 Å². The SMILES string of the molecule is CN[C@H](CCCNC(=O)CCC(=O)NCCOCCOCCOCCNC(=O)CCCC(=O)NC1(CN)CN(C(=O)OC(C)(C)C)CCN(C(=O)OC(C)(C)C)CC(C)(CN)CN(C(=O)OC(C)(C)C)CCN(C(=O)OC(C)(C)C)C1)C(=O)N[C@@H](CCCN=C(N)N)C(=O)N[C@@H](Cc1ccc2ccccc2c1)C(=O)NCC(=O)N[C@@H](C=O)Cc1ccc(O)c(I)c1. The van der Waals surface area contributed by atoms with Crippen LogP contribution in [0.15, 0.2) is 65.7 Å². The average molecular weight is 1890 g/mol. The third kappa shape index (κ3) is 43.9. The van der Waals surface area contributed by atoms with Gasteiger partial charge in [0.15, 0.2) is 5.96 Å². The summed E-state index contributed by atoms with van der Waals surface area (Å²) < 4.78 is 40.9. The predicted molar refractivity (Wildman–Crippen MR) is 482 cm³/mol. The minimum absolute atomic E-state index is 0.0166. The van der Waals surface area contributed by atoms with Gasteiger partial charge in [-0.3, -0.25) is 43.3 Å². The third-order valence-corrected chi connectivity index (χ3v) is 20.0. The molecule has 0 radical (unpaired) electrons. The number of likely N-dealkylation sites (N-methyl/N-ethyl adjacent to an activating group) is 1. The second-order valence-electron chi connectivity index (χ2n) is 35.4. The molecule has 0 unspecified atom stereocenters. The van der Waals surface area contributed by atoms with E-state index >= 15 is 0 Å². The van der Waals surface area contributed by atoms with Gasteiger partial charge in [-0.25, -0.2) is 19.2 Å². The van der Waals surface area contributed by atoms with E-state index < -0.39 is 124 Å². The first kappa shape index (κ1) is 108. The third-order valence-electron chi connectivity index (χ3n) is 19.1. The Labute approximate surface area is 753 Å². The molecule has 40 heteroatoms. The quantitative estimate of drug-likeness (QED) is 0.00965. The molecule has 1 fully saturated rings. The van der Waals surface area contributed by atoms with E-state index in [1.807, 2.05) is 65.1 Å². The largest absolute Gasteiger partial charge is 0.507 e. The van der Waals surface area contributed by atoms with Crippen LogP contribution in [0.25, 0.3) is 10.8 Å². The Morgan fingerprint density at radius 1 is 0.500 bits per heavy atom. The zero-order chi connectivity index (χ0) is 94.0. The van der Waals surface area contributed by atoms with Crippen LogP contribution >= 0.6 is 22.6 Å². The number of phenolic OH excluding ortho intramolecular Hbond substituents is 1. The number of halogens is 1. The first-order chi connectivity index (χ1) is 59.1. The lowest BCUT2D eigenvalue weighted by Crippen LogP contribution is -2.67. The summed E-state index contributed by atoms with van der Waals surface area (Å²) in [4.78, 5) is 187. The number of nitrogens with zero attached hydrogens (tertiary/aromatic N) is 5. The molecule has 1 aliphatic rings. The van der Waals surface area contributed by atoms with Gasteiger partial charge in [-0.1, -0.05) is 55.5 Å². The van der Waals surface area contributed by atoms with Crippen molar-refractivity contribution in [3.05, 3.63) is 75.4 Å². The second kappa shape index (κ2) is 53.6. The number of aliphatic imine (C=N–C) groups is 1. The molecular weight excluding hydrogens is 1750 g/mol. The van der Waals surface area contributed by atoms with Gasteiger partial charge in [0, 0.05) is 116 Å². The predicted octanol–water partition coefficient (Wildman–Crippen LogP) is 3.22. The van der Waals surface area contributed by atoms with Crippen molar-refractivity contribution in [1.82, 2.24) is 67.5 Å². The summed E-state index contributed by atoms with van der Waals surface area (Å²) in [6, 6.07) is 13.7. The lowest BCUT2D eigenvalue weighted by Gasteiger charge is -2.44. The van der Waals surface area contributed by atoms with Crippen LogP contribution in [0.4, 0.5) is 19.2 Å². The molecule has 3 aromatic rings. The van der Waals surface area contributed by atoms with E-state index in [4.69, 9.17) is 56.1 Å². The minimum Gasteiger partial charge on any atom is -0.507 e. The summed E-state index contributed by atoms with van der Waals surface area (Å²) in [5, 5.41) is 36.7. The Kier molecular flexibility index (Phi) is 46.1. The molecule has 706 valence electrons. The number of carbonyl (C=O) groups excluding carboxylic acids is 13. The molecule has 126 heavy (non-hydrogen) atoms. The summed E-state index contributed by atoms with van der Waals surface area (Å²) >= 11 is 1.95. The van der Waals surface area contributed by atoms with E-state index in [2.05, 4.69) is 52.8 Å². The van der Waals surface area contributed by atoms with Gasteiger partial charge in [0.2, 0.25) is 47.3 Å². The van der Waals surface area contributed by atoms with E-state index in [9.17, 15) is 67.4 Å². The number of rotatable bonds is 44. The van der Waals surface area contributed by atoms with Crippen molar-refractivity contribution in [2.24, 2.45) is 33.3 Å². The Hall–Kier alpha value is -10.0. The molecule has 1 saturated heterocycles. The van der Waals surface area contributed by atoms with Gasteiger partial charge in [-0.15, -0.1) is 0 Å². The van der Waals surface area contributed by atoms with E-state index in [1.165, 1.54) is 25.7 Å². The molecular formula is C86H139IN18O21. The summed E-state index contributed by atoms with van der Waals surface area (Å²) in [5.41, 5.74) is 19.1. The van der Waals surface area contributed by atoms with Crippen LogP contribution in [-0.4, -0.2) is 306 Å². The van der Waals surface area contributed by atoms with Crippen LogP contribution in [0, 0.1) is 8.99 Å². The first-order valence-corrected chi connectivity index (χ1v) is 43.7. The topological polar surface area (TPSA) is 544 Å². The number of ether oxygens (including phenoxy) is 7. The molecule has 12 amide bonds. The summed E-state index contributed by atoms with van der Waals surface area (Å²) in [6.45, 7) is 21.5.